The van der Waals surface area contributed by atoms with Gasteiger partial charge < -0.3 is 9.84 Å². The number of carboxylic acids is 1. The number of hydrogen-bond acceptors (Lipinski definition) is 3. The van der Waals surface area contributed by atoms with Crippen LogP contribution in [0.4, 0.5) is 0 Å². The number of rotatable bonds is 3. The molecule has 0 amide bonds. The Labute approximate surface area is 105 Å². The van der Waals surface area contributed by atoms with E-state index in [-0.39, 0.29) is 6.42 Å². The van der Waals surface area contributed by atoms with E-state index < -0.39 is 11.9 Å². The standard InChI is InChI=1S/C14H12O4/c1-18-14(17)10-9-12-7-5-11(6-8-12)3-2-4-13(15)16/h5-10H,4H2,1H3,(H,15,16)/b10-9+. The molecule has 92 valence electrons. The molecule has 18 heavy (non-hydrogen) atoms. The highest BCUT2D eigenvalue weighted by Gasteiger charge is 1.93. The maximum atomic E-state index is 10.9. The monoisotopic (exact) mass is 244 g/mol. The summed E-state index contributed by atoms with van der Waals surface area (Å²) in [4.78, 5) is 21.1. The Morgan fingerprint density at radius 1 is 1.33 bits per heavy atom. The van der Waals surface area contributed by atoms with Crippen molar-refractivity contribution in [2.75, 3.05) is 7.11 Å². The second-order valence-electron chi connectivity index (χ2n) is 3.35. The van der Waals surface area contributed by atoms with Crippen molar-refractivity contribution in [1.82, 2.24) is 0 Å². The molecule has 0 unspecified atom stereocenters. The summed E-state index contributed by atoms with van der Waals surface area (Å²) in [6.07, 6.45) is 2.77. The Morgan fingerprint density at radius 3 is 2.56 bits per heavy atom. The summed E-state index contributed by atoms with van der Waals surface area (Å²) in [7, 11) is 1.31. The maximum absolute atomic E-state index is 10.9. The van der Waals surface area contributed by atoms with Gasteiger partial charge >= 0.3 is 11.9 Å². The molecule has 1 aromatic carbocycles. The summed E-state index contributed by atoms with van der Waals surface area (Å²) in [5.41, 5.74) is 1.57. The number of carboxylic acid groups (broad SMARTS) is 1. The zero-order chi connectivity index (χ0) is 13.4. The molecule has 0 heterocycles. The highest BCUT2D eigenvalue weighted by atomic mass is 16.5. The van der Waals surface area contributed by atoms with Crippen LogP contribution < -0.4 is 0 Å². The number of esters is 1. The molecule has 1 aromatic rings. The first-order chi connectivity index (χ1) is 8.61. The van der Waals surface area contributed by atoms with Crippen LogP contribution in [0.1, 0.15) is 17.5 Å². The molecule has 0 aliphatic rings. The van der Waals surface area contributed by atoms with Gasteiger partial charge in [-0.05, 0) is 23.8 Å². The number of aliphatic carboxylic acids is 1. The van der Waals surface area contributed by atoms with Gasteiger partial charge in [-0.25, -0.2) is 4.79 Å². The van der Waals surface area contributed by atoms with Crippen LogP contribution in [0.5, 0.6) is 0 Å². The molecule has 0 aliphatic carbocycles. The van der Waals surface area contributed by atoms with E-state index in [0.29, 0.717) is 0 Å². The van der Waals surface area contributed by atoms with Crippen LogP contribution in [-0.2, 0) is 14.3 Å². The molecule has 1 rings (SSSR count). The molecule has 4 heteroatoms. The first-order valence-electron chi connectivity index (χ1n) is 5.18. The fourth-order valence-corrected chi connectivity index (χ4v) is 1.13. The van der Waals surface area contributed by atoms with E-state index in [1.54, 1.807) is 30.3 Å². The molecule has 0 saturated heterocycles. The molecule has 0 fully saturated rings. The van der Waals surface area contributed by atoms with Gasteiger partial charge in [-0.15, -0.1) is 0 Å². The number of benzene rings is 1. The van der Waals surface area contributed by atoms with Gasteiger partial charge in [0, 0.05) is 11.6 Å². The zero-order valence-corrected chi connectivity index (χ0v) is 9.84. The Hall–Kier alpha value is -2.54. The van der Waals surface area contributed by atoms with Crippen molar-refractivity contribution >= 4 is 18.0 Å². The van der Waals surface area contributed by atoms with Crippen molar-refractivity contribution < 1.29 is 19.4 Å². The molecule has 0 atom stereocenters. The van der Waals surface area contributed by atoms with E-state index in [1.807, 2.05) is 0 Å². The number of methoxy groups -OCH3 is 1. The third kappa shape index (κ3) is 4.99. The number of carbonyl (C=O) groups excluding carboxylic acids is 1. The van der Waals surface area contributed by atoms with E-state index in [9.17, 15) is 9.59 Å². The second-order valence-corrected chi connectivity index (χ2v) is 3.35. The fraction of sp³-hybridized carbons (Fsp3) is 0.143. The van der Waals surface area contributed by atoms with Crippen LogP contribution >= 0.6 is 0 Å². The van der Waals surface area contributed by atoms with E-state index in [0.717, 1.165) is 11.1 Å². The minimum Gasteiger partial charge on any atom is -0.481 e. The Bertz CT molecular complexity index is 515. The number of hydrogen-bond donors (Lipinski definition) is 1. The molecule has 0 radical (unpaired) electrons. The first-order valence-corrected chi connectivity index (χ1v) is 5.18. The molecule has 0 aromatic heterocycles. The van der Waals surface area contributed by atoms with Crippen molar-refractivity contribution in [1.29, 1.82) is 0 Å². The smallest absolute Gasteiger partial charge is 0.330 e. The summed E-state index contributed by atoms with van der Waals surface area (Å²) in [5.74, 6) is 3.91. The predicted molar refractivity (Wildman–Crippen MR) is 66.6 cm³/mol. The largest absolute Gasteiger partial charge is 0.481 e. The molecule has 0 aliphatic heterocycles. The topological polar surface area (TPSA) is 63.6 Å². The van der Waals surface area contributed by atoms with Crippen molar-refractivity contribution in [3.63, 3.8) is 0 Å². The highest BCUT2D eigenvalue weighted by Crippen LogP contribution is 2.05. The van der Waals surface area contributed by atoms with Crippen LogP contribution in [0.2, 0.25) is 0 Å². The molecule has 0 saturated carbocycles. The van der Waals surface area contributed by atoms with Crippen molar-refractivity contribution in [2.24, 2.45) is 0 Å². The van der Waals surface area contributed by atoms with Crippen LogP contribution in [0.3, 0.4) is 0 Å². The lowest BCUT2D eigenvalue weighted by Crippen LogP contribution is -1.93. The van der Waals surface area contributed by atoms with E-state index in [4.69, 9.17) is 5.11 Å². The maximum Gasteiger partial charge on any atom is 0.330 e. The van der Waals surface area contributed by atoms with Gasteiger partial charge in [-0.2, -0.15) is 0 Å². The highest BCUT2D eigenvalue weighted by molar-refractivity contribution is 5.86. The zero-order valence-electron chi connectivity index (χ0n) is 9.84. The van der Waals surface area contributed by atoms with E-state index in [2.05, 4.69) is 16.6 Å². The van der Waals surface area contributed by atoms with Gasteiger partial charge in [0.1, 0.15) is 6.42 Å². The molecule has 0 spiro atoms. The fourth-order valence-electron chi connectivity index (χ4n) is 1.13. The van der Waals surface area contributed by atoms with Gasteiger partial charge in [-0.3, -0.25) is 4.79 Å². The van der Waals surface area contributed by atoms with Gasteiger partial charge in [-0.1, -0.05) is 24.0 Å². The van der Waals surface area contributed by atoms with Gasteiger partial charge in [0.25, 0.3) is 0 Å². The lowest BCUT2D eigenvalue weighted by molar-refractivity contribution is -0.136. The Balaban J connectivity index is 2.67. The average Bonchev–Trinajstić information content (AvgIpc) is 2.37. The molecule has 1 N–H and O–H groups in total. The summed E-state index contributed by atoms with van der Waals surface area (Å²) in [6, 6.07) is 7.08. The van der Waals surface area contributed by atoms with Crippen molar-refractivity contribution in [3.8, 4) is 11.8 Å². The minimum atomic E-state index is -0.944. The number of carbonyl (C=O) groups is 2. The molecular weight excluding hydrogens is 232 g/mol. The molecular formula is C14H12O4. The van der Waals surface area contributed by atoms with Gasteiger partial charge in [0.15, 0.2) is 0 Å². The number of ether oxygens (including phenoxy) is 1. The third-order valence-electron chi connectivity index (χ3n) is 2.00. The van der Waals surface area contributed by atoms with Gasteiger partial charge in [0.2, 0.25) is 0 Å². The van der Waals surface area contributed by atoms with Crippen LogP contribution in [0.15, 0.2) is 30.3 Å². The second kappa shape index (κ2) is 6.92. The molecule has 4 nitrogen and oxygen atoms in total. The van der Waals surface area contributed by atoms with Gasteiger partial charge in [0.05, 0.1) is 7.11 Å². The van der Waals surface area contributed by atoms with Crippen molar-refractivity contribution in [3.05, 3.63) is 41.5 Å². The quantitative estimate of drug-likeness (QED) is 0.499. The Morgan fingerprint density at radius 2 is 2.00 bits per heavy atom. The van der Waals surface area contributed by atoms with Crippen LogP contribution in [0.25, 0.3) is 6.08 Å². The third-order valence-corrected chi connectivity index (χ3v) is 2.00. The normalized spacial score (nSPS) is 9.61. The lowest BCUT2D eigenvalue weighted by atomic mass is 10.1. The summed E-state index contributed by atoms with van der Waals surface area (Å²) < 4.78 is 4.47. The summed E-state index contributed by atoms with van der Waals surface area (Å²) in [5, 5.41) is 8.43. The van der Waals surface area contributed by atoms with Crippen LogP contribution in [-0.4, -0.2) is 24.2 Å². The van der Waals surface area contributed by atoms with E-state index >= 15 is 0 Å². The van der Waals surface area contributed by atoms with Crippen molar-refractivity contribution in [2.45, 2.75) is 6.42 Å². The SMILES string of the molecule is COC(=O)/C=C/c1ccc(C#CCC(=O)O)cc1. The summed E-state index contributed by atoms with van der Waals surface area (Å²) >= 11 is 0. The lowest BCUT2D eigenvalue weighted by Gasteiger charge is -1.94. The van der Waals surface area contributed by atoms with E-state index in [1.165, 1.54) is 13.2 Å². The average molecular weight is 244 g/mol. The molecule has 0 bridgehead atoms. The minimum absolute atomic E-state index is 0.177. The Kier molecular flexibility index (Phi) is 5.20. The van der Waals surface area contributed by atoms with Crippen LogP contribution in [0, 0.1) is 11.8 Å². The first kappa shape index (κ1) is 13.5. The predicted octanol–water partition coefficient (Wildman–Crippen LogP) is 1.70. The summed E-state index contributed by atoms with van der Waals surface area (Å²) in [6.45, 7) is 0.